The molecule has 0 radical (unpaired) electrons. The summed E-state index contributed by atoms with van der Waals surface area (Å²) in [6, 6.07) is 19.4. The second-order valence-corrected chi connectivity index (χ2v) is 9.15. The third-order valence-electron chi connectivity index (χ3n) is 4.67. The lowest BCUT2D eigenvalue weighted by molar-refractivity contribution is -0.115. The van der Waals surface area contributed by atoms with Gasteiger partial charge in [0.25, 0.3) is 0 Å². The molecule has 31 heavy (non-hydrogen) atoms. The number of nitrogens with one attached hydrogen (secondary N) is 1. The van der Waals surface area contributed by atoms with Crippen molar-refractivity contribution in [2.75, 3.05) is 5.32 Å². The summed E-state index contributed by atoms with van der Waals surface area (Å²) in [7, 11) is 0. The van der Waals surface area contributed by atoms with Crippen molar-refractivity contribution in [3.63, 3.8) is 0 Å². The van der Waals surface area contributed by atoms with Crippen LogP contribution in [0.15, 0.2) is 82.7 Å². The van der Waals surface area contributed by atoms with Crippen LogP contribution in [-0.2, 0) is 4.79 Å². The van der Waals surface area contributed by atoms with Gasteiger partial charge in [-0.25, -0.2) is 0 Å². The standard InChI is InChI=1S/C23H20BrN5OS/c1-15-6-3-4-9-20(15)29-21(17-10-12-25-13-11-17)27-28-23(29)31-16(2)22(30)26-19-8-5-7-18(24)14-19/h3-14,16H,1-2H3,(H,26,30). The summed E-state index contributed by atoms with van der Waals surface area (Å²) in [4.78, 5) is 16.9. The number of thioether (sulfide) groups is 1. The molecule has 6 nitrogen and oxygen atoms in total. The maximum atomic E-state index is 12.8. The minimum absolute atomic E-state index is 0.104. The Morgan fingerprint density at radius 1 is 1.06 bits per heavy atom. The van der Waals surface area contributed by atoms with Gasteiger partial charge >= 0.3 is 0 Å². The number of carbonyl (C=O) groups excluding carboxylic acids is 1. The van der Waals surface area contributed by atoms with E-state index >= 15 is 0 Å². The van der Waals surface area contributed by atoms with Crippen LogP contribution in [0.2, 0.25) is 0 Å². The van der Waals surface area contributed by atoms with Crippen molar-refractivity contribution >= 4 is 39.3 Å². The molecule has 2 aromatic carbocycles. The third-order valence-corrected chi connectivity index (χ3v) is 6.21. The van der Waals surface area contributed by atoms with Gasteiger partial charge in [0.1, 0.15) is 0 Å². The van der Waals surface area contributed by atoms with E-state index in [1.165, 1.54) is 11.8 Å². The number of rotatable bonds is 6. The molecule has 0 aliphatic rings. The minimum Gasteiger partial charge on any atom is -0.325 e. The topological polar surface area (TPSA) is 72.7 Å². The van der Waals surface area contributed by atoms with Gasteiger partial charge in [-0.1, -0.05) is 52.0 Å². The summed E-state index contributed by atoms with van der Waals surface area (Å²) < 4.78 is 2.91. The normalized spacial score (nSPS) is 11.8. The molecule has 0 saturated heterocycles. The lowest BCUT2D eigenvalue weighted by Gasteiger charge is -2.15. The Kier molecular flexibility index (Phi) is 6.48. The summed E-state index contributed by atoms with van der Waals surface area (Å²) in [5.41, 5.74) is 3.71. The fourth-order valence-corrected chi connectivity index (χ4v) is 4.35. The molecule has 4 rings (SSSR count). The molecule has 0 spiro atoms. The number of para-hydroxylation sites is 1. The van der Waals surface area contributed by atoms with Gasteiger partial charge in [-0.3, -0.25) is 14.3 Å². The second-order valence-electron chi connectivity index (χ2n) is 6.92. The molecule has 4 aromatic rings. The van der Waals surface area contributed by atoms with Crippen LogP contribution in [0, 0.1) is 6.92 Å². The second kappa shape index (κ2) is 9.45. The van der Waals surface area contributed by atoms with Gasteiger partial charge in [0.05, 0.1) is 10.9 Å². The average Bonchev–Trinajstić information content (AvgIpc) is 3.18. The Morgan fingerprint density at radius 3 is 2.58 bits per heavy atom. The molecule has 0 bridgehead atoms. The van der Waals surface area contributed by atoms with Crippen molar-refractivity contribution in [2.45, 2.75) is 24.3 Å². The molecule has 0 aliphatic carbocycles. The number of nitrogens with zero attached hydrogens (tertiary/aromatic N) is 4. The lowest BCUT2D eigenvalue weighted by atomic mass is 10.2. The van der Waals surface area contributed by atoms with Gasteiger partial charge in [-0.15, -0.1) is 10.2 Å². The molecule has 0 fully saturated rings. The first-order valence-corrected chi connectivity index (χ1v) is 11.3. The highest BCUT2D eigenvalue weighted by Gasteiger charge is 2.22. The van der Waals surface area contributed by atoms with E-state index in [-0.39, 0.29) is 11.2 Å². The Bertz CT molecular complexity index is 1210. The smallest absolute Gasteiger partial charge is 0.237 e. The van der Waals surface area contributed by atoms with E-state index < -0.39 is 0 Å². The Balaban J connectivity index is 1.66. The van der Waals surface area contributed by atoms with E-state index in [9.17, 15) is 4.79 Å². The van der Waals surface area contributed by atoms with Crippen LogP contribution in [0.25, 0.3) is 17.1 Å². The molecule has 0 aliphatic heterocycles. The predicted molar refractivity (Wildman–Crippen MR) is 127 cm³/mol. The van der Waals surface area contributed by atoms with Gasteiger partial charge < -0.3 is 5.32 Å². The SMILES string of the molecule is Cc1ccccc1-n1c(SC(C)C(=O)Nc2cccc(Br)c2)nnc1-c1ccncc1. The molecule has 1 atom stereocenters. The molecule has 8 heteroatoms. The van der Waals surface area contributed by atoms with E-state index in [0.717, 1.165) is 27.0 Å². The first-order chi connectivity index (χ1) is 15.0. The van der Waals surface area contributed by atoms with Crippen molar-refractivity contribution in [1.82, 2.24) is 19.7 Å². The maximum absolute atomic E-state index is 12.8. The van der Waals surface area contributed by atoms with Crippen LogP contribution in [0.3, 0.4) is 0 Å². The molecule has 2 aromatic heterocycles. The number of aromatic nitrogens is 4. The summed E-state index contributed by atoms with van der Waals surface area (Å²) in [5, 5.41) is 12.1. The molecule has 0 saturated carbocycles. The number of pyridine rings is 1. The molecule has 1 unspecified atom stereocenters. The number of halogens is 1. The number of anilines is 1. The van der Waals surface area contributed by atoms with E-state index in [4.69, 9.17) is 0 Å². The lowest BCUT2D eigenvalue weighted by Crippen LogP contribution is -2.23. The fraction of sp³-hybridized carbons (Fsp3) is 0.130. The van der Waals surface area contributed by atoms with Crippen LogP contribution in [-0.4, -0.2) is 30.9 Å². The number of carbonyl (C=O) groups is 1. The highest BCUT2D eigenvalue weighted by molar-refractivity contribution is 9.10. The quantitative estimate of drug-likeness (QED) is 0.358. The fourth-order valence-electron chi connectivity index (χ4n) is 3.09. The molecular weight excluding hydrogens is 474 g/mol. The highest BCUT2D eigenvalue weighted by Crippen LogP contribution is 2.31. The first kappa shape index (κ1) is 21.3. The minimum atomic E-state index is -0.378. The highest BCUT2D eigenvalue weighted by atomic mass is 79.9. The van der Waals surface area contributed by atoms with Gasteiger partial charge in [0.15, 0.2) is 11.0 Å². The van der Waals surface area contributed by atoms with E-state index in [1.807, 2.05) is 79.1 Å². The number of hydrogen-bond acceptors (Lipinski definition) is 5. The van der Waals surface area contributed by atoms with Gasteiger partial charge in [-0.2, -0.15) is 0 Å². The van der Waals surface area contributed by atoms with Crippen LogP contribution >= 0.6 is 27.7 Å². The molecular formula is C23H20BrN5OS. The summed E-state index contributed by atoms with van der Waals surface area (Å²) in [6.07, 6.45) is 3.46. The van der Waals surface area contributed by atoms with Crippen molar-refractivity contribution in [2.24, 2.45) is 0 Å². The zero-order valence-corrected chi connectivity index (χ0v) is 19.4. The summed E-state index contributed by atoms with van der Waals surface area (Å²) in [5.74, 6) is 0.603. The molecule has 2 heterocycles. The van der Waals surface area contributed by atoms with Crippen LogP contribution in [0.4, 0.5) is 5.69 Å². The van der Waals surface area contributed by atoms with Gasteiger partial charge in [-0.05, 0) is 55.8 Å². The van der Waals surface area contributed by atoms with Gasteiger partial charge in [0, 0.05) is 28.1 Å². The third kappa shape index (κ3) is 4.86. The number of amides is 1. The van der Waals surface area contributed by atoms with Crippen molar-refractivity contribution in [1.29, 1.82) is 0 Å². The number of benzene rings is 2. The molecule has 1 N–H and O–H groups in total. The van der Waals surface area contributed by atoms with Gasteiger partial charge in [0.2, 0.25) is 5.91 Å². The van der Waals surface area contributed by atoms with Crippen LogP contribution < -0.4 is 5.32 Å². The Labute approximate surface area is 193 Å². The van der Waals surface area contributed by atoms with E-state index in [1.54, 1.807) is 12.4 Å². The predicted octanol–water partition coefficient (Wildman–Crippen LogP) is 5.52. The number of hydrogen-bond donors (Lipinski definition) is 1. The summed E-state index contributed by atoms with van der Waals surface area (Å²) in [6.45, 7) is 3.91. The van der Waals surface area contributed by atoms with Crippen LogP contribution in [0.5, 0.6) is 0 Å². The maximum Gasteiger partial charge on any atom is 0.237 e. The van der Waals surface area contributed by atoms with Crippen LogP contribution in [0.1, 0.15) is 12.5 Å². The average molecular weight is 494 g/mol. The zero-order chi connectivity index (χ0) is 21.8. The van der Waals surface area contributed by atoms with E-state index in [2.05, 4.69) is 36.4 Å². The van der Waals surface area contributed by atoms with Crippen molar-refractivity contribution < 1.29 is 4.79 Å². The van der Waals surface area contributed by atoms with Crippen molar-refractivity contribution in [3.8, 4) is 17.1 Å². The number of aryl methyl sites for hydroxylation is 1. The summed E-state index contributed by atoms with van der Waals surface area (Å²) >= 11 is 4.80. The molecule has 1 amide bonds. The largest absolute Gasteiger partial charge is 0.325 e. The Hall–Kier alpha value is -2.97. The first-order valence-electron chi connectivity index (χ1n) is 9.68. The van der Waals surface area contributed by atoms with E-state index in [0.29, 0.717) is 11.0 Å². The molecule has 156 valence electrons. The zero-order valence-electron chi connectivity index (χ0n) is 17.0. The van der Waals surface area contributed by atoms with Crippen molar-refractivity contribution in [3.05, 3.63) is 83.1 Å². The Morgan fingerprint density at radius 2 is 1.84 bits per heavy atom. The monoisotopic (exact) mass is 493 g/mol.